The van der Waals surface area contributed by atoms with Crippen molar-refractivity contribution in [1.29, 1.82) is 0 Å². The molecule has 0 fully saturated rings. The normalized spacial score (nSPS) is 10.1. The van der Waals surface area contributed by atoms with E-state index in [2.05, 4.69) is 9.97 Å². The van der Waals surface area contributed by atoms with Gasteiger partial charge in [0.05, 0.1) is 5.69 Å². The van der Waals surface area contributed by atoms with Crippen LogP contribution in [0, 0.1) is 4.77 Å². The topological polar surface area (TPSA) is 28.7 Å². The molecular weight excluding hydrogens is 216 g/mol. The molecule has 0 radical (unpaired) electrons. The number of aromatic amines is 1. The molecule has 2 aromatic rings. The van der Waals surface area contributed by atoms with Gasteiger partial charge in [-0.1, -0.05) is 29.8 Å². The van der Waals surface area contributed by atoms with Crippen LogP contribution < -0.4 is 0 Å². The zero-order chi connectivity index (χ0) is 9.97. The number of benzene rings is 1. The monoisotopic (exact) mass is 222 g/mol. The summed E-state index contributed by atoms with van der Waals surface area (Å²) >= 11 is 11.0. The smallest absolute Gasteiger partial charge is 0.197 e. The minimum absolute atomic E-state index is 0.461. The van der Waals surface area contributed by atoms with Crippen LogP contribution in [0.4, 0.5) is 0 Å². The molecular formula is C10H7ClN2S. The zero-order valence-electron chi connectivity index (χ0n) is 7.20. The van der Waals surface area contributed by atoms with E-state index in [4.69, 9.17) is 23.8 Å². The Morgan fingerprint density at radius 3 is 2.71 bits per heavy atom. The van der Waals surface area contributed by atoms with Gasteiger partial charge < -0.3 is 4.98 Å². The molecule has 0 aliphatic carbocycles. The minimum Gasteiger partial charge on any atom is -0.330 e. The van der Waals surface area contributed by atoms with Crippen LogP contribution in [0.2, 0.25) is 5.02 Å². The van der Waals surface area contributed by atoms with E-state index in [1.807, 2.05) is 30.3 Å². The van der Waals surface area contributed by atoms with Gasteiger partial charge in [-0.3, -0.25) is 0 Å². The SMILES string of the molecule is S=c1nccc(-c2ccccc2Cl)[nH]1. The summed E-state index contributed by atoms with van der Waals surface area (Å²) < 4.78 is 0.461. The summed E-state index contributed by atoms with van der Waals surface area (Å²) in [4.78, 5) is 6.89. The fraction of sp³-hybridized carbons (Fsp3) is 0. The number of nitrogens with zero attached hydrogens (tertiary/aromatic N) is 1. The van der Waals surface area contributed by atoms with Gasteiger partial charge in [0.15, 0.2) is 4.77 Å². The Balaban J connectivity index is 2.61. The number of nitrogens with one attached hydrogen (secondary N) is 1. The molecule has 1 N–H and O–H groups in total. The van der Waals surface area contributed by atoms with Crippen molar-refractivity contribution < 1.29 is 0 Å². The minimum atomic E-state index is 0.461. The van der Waals surface area contributed by atoms with E-state index in [1.54, 1.807) is 6.20 Å². The van der Waals surface area contributed by atoms with Gasteiger partial charge in [-0.05, 0) is 24.4 Å². The highest BCUT2D eigenvalue weighted by molar-refractivity contribution is 7.71. The van der Waals surface area contributed by atoms with E-state index in [-0.39, 0.29) is 0 Å². The lowest BCUT2D eigenvalue weighted by atomic mass is 10.1. The number of hydrogen-bond acceptors (Lipinski definition) is 2. The van der Waals surface area contributed by atoms with Gasteiger partial charge in [0.25, 0.3) is 0 Å². The Kier molecular flexibility index (Phi) is 2.61. The quantitative estimate of drug-likeness (QED) is 0.749. The lowest BCUT2D eigenvalue weighted by Gasteiger charge is -2.02. The number of halogens is 1. The van der Waals surface area contributed by atoms with Crippen molar-refractivity contribution in [2.24, 2.45) is 0 Å². The molecule has 1 aromatic carbocycles. The van der Waals surface area contributed by atoms with Gasteiger partial charge in [-0.25, -0.2) is 4.98 Å². The Morgan fingerprint density at radius 1 is 1.21 bits per heavy atom. The van der Waals surface area contributed by atoms with E-state index in [0.717, 1.165) is 11.3 Å². The fourth-order valence-electron chi connectivity index (χ4n) is 1.21. The van der Waals surface area contributed by atoms with Crippen molar-refractivity contribution in [3.8, 4) is 11.3 Å². The van der Waals surface area contributed by atoms with Gasteiger partial charge in [-0.2, -0.15) is 0 Å². The standard InChI is InChI=1S/C10H7ClN2S/c11-8-4-2-1-3-7(8)9-5-6-12-10(14)13-9/h1-6H,(H,12,13,14). The second-order valence-corrected chi connectivity index (χ2v) is 3.56. The maximum absolute atomic E-state index is 6.04. The van der Waals surface area contributed by atoms with Gasteiger partial charge in [0.1, 0.15) is 0 Å². The molecule has 4 heteroatoms. The molecule has 70 valence electrons. The molecule has 0 atom stereocenters. The van der Waals surface area contributed by atoms with Crippen LogP contribution in [0.3, 0.4) is 0 Å². The fourth-order valence-corrected chi connectivity index (χ4v) is 1.61. The number of H-pyrrole nitrogens is 1. The summed E-state index contributed by atoms with van der Waals surface area (Å²) in [7, 11) is 0. The third-order valence-corrected chi connectivity index (χ3v) is 2.38. The predicted molar refractivity (Wildman–Crippen MR) is 59.9 cm³/mol. The van der Waals surface area contributed by atoms with Crippen LogP contribution >= 0.6 is 23.8 Å². The van der Waals surface area contributed by atoms with Gasteiger partial charge in [0, 0.05) is 16.8 Å². The number of hydrogen-bond donors (Lipinski definition) is 1. The molecule has 0 bridgehead atoms. The van der Waals surface area contributed by atoms with Crippen molar-refractivity contribution in [1.82, 2.24) is 9.97 Å². The van der Waals surface area contributed by atoms with E-state index in [9.17, 15) is 0 Å². The first-order chi connectivity index (χ1) is 6.77. The third-order valence-electron chi connectivity index (χ3n) is 1.84. The molecule has 14 heavy (non-hydrogen) atoms. The average molecular weight is 223 g/mol. The largest absolute Gasteiger partial charge is 0.330 e. The lowest BCUT2D eigenvalue weighted by Crippen LogP contribution is -1.86. The van der Waals surface area contributed by atoms with E-state index in [1.165, 1.54) is 0 Å². The number of aromatic nitrogens is 2. The lowest BCUT2D eigenvalue weighted by molar-refractivity contribution is 1.14. The van der Waals surface area contributed by atoms with Gasteiger partial charge >= 0.3 is 0 Å². The first-order valence-electron chi connectivity index (χ1n) is 4.07. The second kappa shape index (κ2) is 3.90. The highest BCUT2D eigenvalue weighted by atomic mass is 35.5. The molecule has 2 rings (SSSR count). The molecule has 0 spiro atoms. The third kappa shape index (κ3) is 1.84. The van der Waals surface area contributed by atoms with Crippen molar-refractivity contribution in [3.63, 3.8) is 0 Å². The molecule has 1 heterocycles. The summed E-state index contributed by atoms with van der Waals surface area (Å²) in [5.74, 6) is 0. The van der Waals surface area contributed by atoms with Crippen molar-refractivity contribution in [3.05, 3.63) is 46.3 Å². The first-order valence-corrected chi connectivity index (χ1v) is 4.86. The van der Waals surface area contributed by atoms with Crippen molar-refractivity contribution in [2.45, 2.75) is 0 Å². The molecule has 2 nitrogen and oxygen atoms in total. The Morgan fingerprint density at radius 2 is 2.00 bits per heavy atom. The molecule has 0 aliphatic heterocycles. The molecule has 1 aromatic heterocycles. The predicted octanol–water partition coefficient (Wildman–Crippen LogP) is 3.46. The maximum Gasteiger partial charge on any atom is 0.197 e. The highest BCUT2D eigenvalue weighted by Crippen LogP contribution is 2.24. The average Bonchev–Trinajstić information content (AvgIpc) is 2.18. The Bertz CT molecular complexity index is 507. The maximum atomic E-state index is 6.04. The van der Waals surface area contributed by atoms with Crippen molar-refractivity contribution >= 4 is 23.8 Å². The van der Waals surface area contributed by atoms with Gasteiger partial charge in [-0.15, -0.1) is 0 Å². The van der Waals surface area contributed by atoms with E-state index >= 15 is 0 Å². The van der Waals surface area contributed by atoms with Crippen molar-refractivity contribution in [2.75, 3.05) is 0 Å². The summed E-state index contributed by atoms with van der Waals surface area (Å²) in [5, 5.41) is 0.698. The molecule has 0 amide bonds. The Labute approximate surface area is 91.6 Å². The first kappa shape index (κ1) is 9.37. The highest BCUT2D eigenvalue weighted by Gasteiger charge is 2.01. The van der Waals surface area contributed by atoms with Gasteiger partial charge in [0.2, 0.25) is 0 Å². The second-order valence-electron chi connectivity index (χ2n) is 2.77. The molecule has 0 unspecified atom stereocenters. The summed E-state index contributed by atoms with van der Waals surface area (Å²) in [6.07, 6.45) is 1.66. The Hall–Kier alpha value is -1.19. The van der Waals surface area contributed by atoms with Crippen LogP contribution in [0.5, 0.6) is 0 Å². The van der Waals surface area contributed by atoms with Crippen LogP contribution in [0.1, 0.15) is 0 Å². The molecule has 0 saturated carbocycles. The summed E-state index contributed by atoms with van der Waals surface area (Å²) in [6, 6.07) is 9.44. The number of rotatable bonds is 1. The molecule has 0 aliphatic rings. The van der Waals surface area contributed by atoms with Crippen LogP contribution in [-0.2, 0) is 0 Å². The zero-order valence-corrected chi connectivity index (χ0v) is 8.77. The van der Waals surface area contributed by atoms with Crippen LogP contribution in [-0.4, -0.2) is 9.97 Å². The van der Waals surface area contributed by atoms with E-state index < -0.39 is 0 Å². The van der Waals surface area contributed by atoms with Crippen LogP contribution in [0.25, 0.3) is 11.3 Å². The molecule has 0 saturated heterocycles. The van der Waals surface area contributed by atoms with E-state index in [0.29, 0.717) is 9.79 Å². The summed E-state index contributed by atoms with van der Waals surface area (Å²) in [5.41, 5.74) is 1.82. The van der Waals surface area contributed by atoms with Crippen LogP contribution in [0.15, 0.2) is 36.5 Å². The summed E-state index contributed by atoms with van der Waals surface area (Å²) in [6.45, 7) is 0.